The van der Waals surface area contributed by atoms with Gasteiger partial charge in [-0.3, -0.25) is 0 Å². The third kappa shape index (κ3) is 2.18. The number of benzene rings is 1. The number of nitrogens with one attached hydrogen (secondary N) is 1. The molecule has 0 radical (unpaired) electrons. The van der Waals surface area contributed by atoms with E-state index < -0.39 is 0 Å². The van der Waals surface area contributed by atoms with Gasteiger partial charge in [-0.15, -0.1) is 0 Å². The van der Waals surface area contributed by atoms with Crippen LogP contribution in [0.15, 0.2) is 16.6 Å². The van der Waals surface area contributed by atoms with Gasteiger partial charge in [0.2, 0.25) is 0 Å². The second-order valence-corrected chi connectivity index (χ2v) is 4.87. The minimum Gasteiger partial charge on any atom is -0.504 e. The molecule has 0 saturated carbocycles. The van der Waals surface area contributed by atoms with Crippen LogP contribution < -0.4 is 10.1 Å². The lowest BCUT2D eigenvalue weighted by molar-refractivity contribution is 0.354. The van der Waals surface area contributed by atoms with Gasteiger partial charge in [0.05, 0.1) is 7.11 Å². The second kappa shape index (κ2) is 5.06. The number of phenolic OH excluding ortho intramolecular Hbond substituents is 1. The van der Waals surface area contributed by atoms with E-state index in [2.05, 4.69) is 21.2 Å². The van der Waals surface area contributed by atoms with Gasteiger partial charge in [0.15, 0.2) is 11.5 Å². The van der Waals surface area contributed by atoms with E-state index >= 15 is 0 Å². The standard InChI is InChI=1S/C12H16BrNO2/c1-16-10-6-5-8(13)11(12(10)15)9-4-2-3-7-14-9/h5-6,9,14-15H,2-4,7H2,1H3/t9-/m1/s1. The average molecular weight is 286 g/mol. The van der Waals surface area contributed by atoms with E-state index in [4.69, 9.17) is 4.74 Å². The van der Waals surface area contributed by atoms with Gasteiger partial charge in [-0.05, 0) is 31.5 Å². The highest BCUT2D eigenvalue weighted by Gasteiger charge is 2.22. The van der Waals surface area contributed by atoms with Gasteiger partial charge in [-0.2, -0.15) is 0 Å². The Labute approximate surface area is 104 Å². The number of rotatable bonds is 2. The van der Waals surface area contributed by atoms with Gasteiger partial charge >= 0.3 is 0 Å². The third-order valence-electron chi connectivity index (χ3n) is 3.01. The van der Waals surface area contributed by atoms with Crippen LogP contribution in [0.2, 0.25) is 0 Å². The highest BCUT2D eigenvalue weighted by atomic mass is 79.9. The van der Waals surface area contributed by atoms with Crippen molar-refractivity contribution in [2.75, 3.05) is 13.7 Å². The molecule has 1 aromatic rings. The smallest absolute Gasteiger partial charge is 0.163 e. The predicted octanol–water partition coefficient (Wildman–Crippen LogP) is 2.98. The van der Waals surface area contributed by atoms with Crippen LogP contribution >= 0.6 is 15.9 Å². The number of halogens is 1. The number of phenols is 1. The van der Waals surface area contributed by atoms with Gasteiger partial charge < -0.3 is 15.2 Å². The Kier molecular flexibility index (Phi) is 3.71. The highest BCUT2D eigenvalue weighted by molar-refractivity contribution is 9.10. The molecule has 2 N–H and O–H groups in total. The number of aromatic hydroxyl groups is 1. The number of piperidine rings is 1. The molecule has 1 saturated heterocycles. The van der Waals surface area contributed by atoms with Crippen LogP contribution in [0.3, 0.4) is 0 Å². The zero-order valence-corrected chi connectivity index (χ0v) is 10.9. The molecule has 0 bridgehead atoms. The Morgan fingerprint density at radius 2 is 2.25 bits per heavy atom. The van der Waals surface area contributed by atoms with Crippen LogP contribution in [-0.2, 0) is 0 Å². The molecular weight excluding hydrogens is 270 g/mol. The third-order valence-corrected chi connectivity index (χ3v) is 3.70. The Morgan fingerprint density at radius 1 is 1.44 bits per heavy atom. The van der Waals surface area contributed by atoms with E-state index in [1.165, 1.54) is 12.8 Å². The average Bonchev–Trinajstić information content (AvgIpc) is 2.31. The van der Waals surface area contributed by atoms with Gasteiger partial charge in [0, 0.05) is 16.1 Å². The number of hydrogen-bond donors (Lipinski definition) is 2. The second-order valence-electron chi connectivity index (χ2n) is 4.01. The molecule has 16 heavy (non-hydrogen) atoms. The van der Waals surface area contributed by atoms with E-state index in [9.17, 15) is 5.11 Å². The predicted molar refractivity (Wildman–Crippen MR) is 67.0 cm³/mol. The van der Waals surface area contributed by atoms with Crippen molar-refractivity contribution in [3.05, 3.63) is 22.2 Å². The van der Waals surface area contributed by atoms with Crippen molar-refractivity contribution in [2.45, 2.75) is 25.3 Å². The first-order chi connectivity index (χ1) is 7.74. The number of methoxy groups -OCH3 is 1. The lowest BCUT2D eigenvalue weighted by Crippen LogP contribution is -2.27. The maximum Gasteiger partial charge on any atom is 0.163 e. The highest BCUT2D eigenvalue weighted by Crippen LogP contribution is 2.41. The van der Waals surface area contributed by atoms with Gasteiger partial charge in [-0.1, -0.05) is 22.4 Å². The van der Waals surface area contributed by atoms with Crippen molar-refractivity contribution in [2.24, 2.45) is 0 Å². The number of hydrogen-bond acceptors (Lipinski definition) is 3. The molecule has 1 aromatic carbocycles. The van der Waals surface area contributed by atoms with Crippen molar-refractivity contribution >= 4 is 15.9 Å². The fourth-order valence-electron chi connectivity index (χ4n) is 2.16. The maximum absolute atomic E-state index is 10.1. The fourth-order valence-corrected chi connectivity index (χ4v) is 2.75. The van der Waals surface area contributed by atoms with Crippen LogP contribution in [0.4, 0.5) is 0 Å². The topological polar surface area (TPSA) is 41.5 Å². The Hall–Kier alpha value is -0.740. The van der Waals surface area contributed by atoms with Crippen LogP contribution in [0.5, 0.6) is 11.5 Å². The molecule has 0 amide bonds. The summed E-state index contributed by atoms with van der Waals surface area (Å²) in [6, 6.07) is 3.91. The molecule has 1 aliphatic rings. The van der Waals surface area contributed by atoms with E-state index in [1.807, 2.05) is 6.07 Å². The first-order valence-corrected chi connectivity index (χ1v) is 6.32. The quantitative estimate of drug-likeness (QED) is 0.878. The lowest BCUT2D eigenvalue weighted by Gasteiger charge is -2.26. The van der Waals surface area contributed by atoms with Crippen molar-refractivity contribution in [3.8, 4) is 11.5 Å². The van der Waals surface area contributed by atoms with Crippen molar-refractivity contribution in [3.63, 3.8) is 0 Å². The molecule has 3 nitrogen and oxygen atoms in total. The molecule has 0 spiro atoms. The summed E-state index contributed by atoms with van der Waals surface area (Å²) in [7, 11) is 1.57. The summed E-state index contributed by atoms with van der Waals surface area (Å²) >= 11 is 3.49. The minimum absolute atomic E-state index is 0.221. The maximum atomic E-state index is 10.1. The summed E-state index contributed by atoms with van der Waals surface area (Å²) in [5.41, 5.74) is 0.916. The number of ether oxygens (including phenoxy) is 1. The van der Waals surface area contributed by atoms with E-state index in [-0.39, 0.29) is 11.8 Å². The lowest BCUT2D eigenvalue weighted by atomic mass is 9.96. The zero-order valence-electron chi connectivity index (χ0n) is 9.29. The molecule has 1 atom stereocenters. The van der Waals surface area contributed by atoms with E-state index in [1.54, 1.807) is 13.2 Å². The first kappa shape index (κ1) is 11.7. The largest absolute Gasteiger partial charge is 0.504 e. The SMILES string of the molecule is COc1ccc(Br)c([C@H]2CCCCN2)c1O. The van der Waals surface area contributed by atoms with Crippen molar-refractivity contribution in [1.82, 2.24) is 5.32 Å². The van der Waals surface area contributed by atoms with E-state index in [0.29, 0.717) is 5.75 Å². The molecule has 0 aromatic heterocycles. The molecule has 1 fully saturated rings. The summed E-state index contributed by atoms with van der Waals surface area (Å²) in [5, 5.41) is 13.5. The van der Waals surface area contributed by atoms with Gasteiger partial charge in [-0.25, -0.2) is 0 Å². The Balaban J connectivity index is 2.37. The summed E-state index contributed by atoms with van der Waals surface area (Å²) in [6.45, 7) is 1.01. The summed E-state index contributed by atoms with van der Waals surface area (Å²) < 4.78 is 6.07. The normalized spacial score (nSPS) is 20.8. The minimum atomic E-state index is 0.221. The molecule has 2 rings (SSSR count). The molecule has 4 heteroatoms. The van der Waals surface area contributed by atoms with Crippen molar-refractivity contribution in [1.29, 1.82) is 0 Å². The first-order valence-electron chi connectivity index (χ1n) is 5.52. The molecule has 0 unspecified atom stereocenters. The zero-order chi connectivity index (χ0) is 11.5. The fraction of sp³-hybridized carbons (Fsp3) is 0.500. The monoisotopic (exact) mass is 285 g/mol. The molecule has 88 valence electrons. The molecule has 1 aliphatic heterocycles. The van der Waals surface area contributed by atoms with Crippen LogP contribution in [0.1, 0.15) is 30.9 Å². The summed E-state index contributed by atoms with van der Waals surface area (Å²) in [6.07, 6.45) is 3.46. The van der Waals surface area contributed by atoms with Gasteiger partial charge in [0.1, 0.15) is 0 Å². The Bertz CT molecular complexity index is 376. The Morgan fingerprint density at radius 3 is 2.88 bits per heavy atom. The summed E-state index contributed by atoms with van der Waals surface area (Å²) in [5.74, 6) is 0.779. The van der Waals surface area contributed by atoms with Crippen LogP contribution in [-0.4, -0.2) is 18.8 Å². The van der Waals surface area contributed by atoms with Gasteiger partial charge in [0.25, 0.3) is 0 Å². The molecular formula is C12H16BrNO2. The van der Waals surface area contributed by atoms with Crippen LogP contribution in [0, 0.1) is 0 Å². The van der Waals surface area contributed by atoms with E-state index in [0.717, 1.165) is 23.0 Å². The molecule has 0 aliphatic carbocycles. The van der Waals surface area contributed by atoms with Crippen LogP contribution in [0.25, 0.3) is 0 Å². The van der Waals surface area contributed by atoms with Crippen molar-refractivity contribution < 1.29 is 9.84 Å². The molecule has 1 heterocycles. The summed E-state index contributed by atoms with van der Waals surface area (Å²) in [4.78, 5) is 0.